The largest absolute Gasteiger partial charge is 0.454 e. The molecule has 6 rings (SSSR count). The molecule has 2 aliphatic rings. The fourth-order valence-corrected chi connectivity index (χ4v) is 3.94. The number of nitrogens with one attached hydrogen (secondary N) is 1. The highest BCUT2D eigenvalue weighted by Gasteiger charge is 2.34. The number of ether oxygens (including phenoxy) is 4. The van der Waals surface area contributed by atoms with Crippen molar-refractivity contribution in [3.8, 4) is 45.4 Å². The lowest BCUT2D eigenvalue weighted by atomic mass is 10.0. The number of furan rings is 1. The Balaban J connectivity index is 1.30. The van der Waals surface area contributed by atoms with Gasteiger partial charge in [-0.3, -0.25) is 10.1 Å². The van der Waals surface area contributed by atoms with Gasteiger partial charge in [0.25, 0.3) is 0 Å². The number of benzene rings is 2. The highest BCUT2D eigenvalue weighted by atomic mass is 19.4. The summed E-state index contributed by atoms with van der Waals surface area (Å²) in [5, 5.41) is 2.64. The van der Waals surface area contributed by atoms with Gasteiger partial charge in [-0.05, 0) is 41.5 Å². The Morgan fingerprint density at radius 1 is 0.838 bits per heavy atom. The molecular weight excluding hydrogens is 495 g/mol. The first-order chi connectivity index (χ1) is 17.8. The van der Waals surface area contributed by atoms with E-state index in [0.29, 0.717) is 39.9 Å². The zero-order chi connectivity index (χ0) is 25.6. The number of halogens is 3. The second-order valence-corrected chi connectivity index (χ2v) is 8.13. The van der Waals surface area contributed by atoms with E-state index >= 15 is 0 Å². The van der Waals surface area contributed by atoms with Crippen LogP contribution in [0.4, 0.5) is 19.1 Å². The molecular formula is C25H16F3N3O6. The van der Waals surface area contributed by atoms with Gasteiger partial charge in [0.05, 0.1) is 6.42 Å². The summed E-state index contributed by atoms with van der Waals surface area (Å²) >= 11 is 0. The third kappa shape index (κ3) is 4.48. The monoisotopic (exact) mass is 511 g/mol. The number of anilines is 1. The molecule has 0 fully saturated rings. The van der Waals surface area contributed by atoms with Crippen molar-refractivity contribution >= 4 is 11.8 Å². The van der Waals surface area contributed by atoms with Crippen molar-refractivity contribution in [2.75, 3.05) is 18.9 Å². The maximum absolute atomic E-state index is 12.7. The minimum atomic E-state index is -4.66. The first-order valence-corrected chi connectivity index (χ1v) is 11.0. The average Bonchev–Trinajstić information content (AvgIpc) is 3.62. The van der Waals surface area contributed by atoms with E-state index in [1.165, 1.54) is 0 Å². The summed E-state index contributed by atoms with van der Waals surface area (Å²) in [5.41, 5.74) is 2.29. The molecule has 12 heteroatoms. The van der Waals surface area contributed by atoms with E-state index in [2.05, 4.69) is 15.3 Å². The van der Waals surface area contributed by atoms with Crippen LogP contribution in [-0.4, -0.2) is 29.5 Å². The predicted octanol–water partition coefficient (Wildman–Crippen LogP) is 5.06. The summed E-state index contributed by atoms with van der Waals surface area (Å²) in [6, 6.07) is 12.4. The maximum atomic E-state index is 12.7. The first-order valence-electron chi connectivity index (χ1n) is 11.0. The Bertz CT molecular complexity index is 1430. The van der Waals surface area contributed by atoms with Gasteiger partial charge in [0.15, 0.2) is 23.0 Å². The Hall–Kier alpha value is -4.74. The molecule has 2 aromatic carbocycles. The molecule has 0 bridgehead atoms. The molecule has 4 heterocycles. The van der Waals surface area contributed by atoms with Crippen LogP contribution in [0.15, 0.2) is 59.3 Å². The van der Waals surface area contributed by atoms with Crippen LogP contribution in [0.2, 0.25) is 0 Å². The number of nitrogens with zero attached hydrogens (tertiary/aromatic N) is 2. The average molecular weight is 511 g/mol. The third-order valence-electron chi connectivity index (χ3n) is 5.64. The van der Waals surface area contributed by atoms with Crippen LogP contribution in [0.25, 0.3) is 22.5 Å². The van der Waals surface area contributed by atoms with E-state index in [9.17, 15) is 18.0 Å². The molecule has 37 heavy (non-hydrogen) atoms. The van der Waals surface area contributed by atoms with Crippen LogP contribution in [0.1, 0.15) is 11.4 Å². The van der Waals surface area contributed by atoms with Gasteiger partial charge in [-0.25, -0.2) is 9.97 Å². The van der Waals surface area contributed by atoms with Crippen molar-refractivity contribution in [3.05, 3.63) is 66.2 Å². The lowest BCUT2D eigenvalue weighted by Crippen LogP contribution is -2.16. The minimum absolute atomic E-state index is 0.112. The third-order valence-corrected chi connectivity index (χ3v) is 5.64. The molecule has 0 aliphatic carbocycles. The number of carbonyl (C=O) groups excluding carboxylic acids is 1. The maximum Gasteiger partial charge on any atom is 0.451 e. The number of hydrogen-bond donors (Lipinski definition) is 1. The number of alkyl halides is 3. The fourth-order valence-electron chi connectivity index (χ4n) is 3.94. The normalized spacial score (nSPS) is 13.6. The van der Waals surface area contributed by atoms with Gasteiger partial charge in [0, 0.05) is 29.6 Å². The smallest absolute Gasteiger partial charge is 0.451 e. The van der Waals surface area contributed by atoms with E-state index in [-0.39, 0.29) is 31.5 Å². The molecule has 1 amide bonds. The van der Waals surface area contributed by atoms with Crippen LogP contribution >= 0.6 is 0 Å². The van der Waals surface area contributed by atoms with Crippen LogP contribution in [0.3, 0.4) is 0 Å². The topological polar surface area (TPSA) is 105 Å². The van der Waals surface area contributed by atoms with Gasteiger partial charge in [-0.2, -0.15) is 13.2 Å². The Labute approximate surface area is 206 Å². The lowest BCUT2D eigenvalue weighted by molar-refractivity contribution is -0.145. The minimum Gasteiger partial charge on any atom is -0.454 e. The molecule has 2 aliphatic heterocycles. The van der Waals surface area contributed by atoms with Crippen molar-refractivity contribution in [1.82, 2.24) is 9.97 Å². The van der Waals surface area contributed by atoms with Crippen LogP contribution in [-0.2, 0) is 17.4 Å². The standard InChI is InChI=1S/C25H16F3N3O6/c26-25(27,28)24-29-9-13(10-30-24)5-21(32)31-22-8-16(14-1-3-17-19(6-14)35-11-33-17)23(37-22)15-2-4-18-20(7-15)36-12-34-18/h1-4,6-10H,5,11-12H2,(H,31,32). The van der Waals surface area contributed by atoms with E-state index < -0.39 is 17.9 Å². The summed E-state index contributed by atoms with van der Waals surface area (Å²) in [4.78, 5) is 19.2. The molecule has 0 saturated carbocycles. The summed E-state index contributed by atoms with van der Waals surface area (Å²) in [5.74, 6) is 1.14. The molecule has 0 atom stereocenters. The van der Waals surface area contributed by atoms with Crippen LogP contribution in [0.5, 0.6) is 23.0 Å². The Kier molecular flexibility index (Phi) is 5.36. The number of carbonyl (C=O) groups is 1. The summed E-state index contributed by atoms with van der Waals surface area (Å²) in [7, 11) is 0. The van der Waals surface area contributed by atoms with Crippen LogP contribution in [0, 0.1) is 0 Å². The molecule has 0 unspecified atom stereocenters. The number of hydrogen-bond acceptors (Lipinski definition) is 8. The number of rotatable bonds is 5. The zero-order valence-electron chi connectivity index (χ0n) is 18.8. The summed E-state index contributed by atoms with van der Waals surface area (Å²) in [6.07, 6.45) is -2.98. The van der Waals surface area contributed by atoms with Gasteiger partial charge < -0.3 is 23.4 Å². The lowest BCUT2D eigenvalue weighted by Gasteiger charge is -2.06. The number of aromatic nitrogens is 2. The SMILES string of the molecule is O=C(Cc1cnc(C(F)(F)F)nc1)Nc1cc(-c2ccc3c(c2)OCO3)c(-c2ccc3c(c2)OCO3)o1. The molecule has 0 saturated heterocycles. The first kappa shape index (κ1) is 22.7. The van der Waals surface area contributed by atoms with Gasteiger partial charge >= 0.3 is 6.18 Å². The van der Waals surface area contributed by atoms with Crippen molar-refractivity contribution < 1.29 is 41.3 Å². The van der Waals surface area contributed by atoms with Crippen molar-refractivity contribution in [2.24, 2.45) is 0 Å². The second-order valence-electron chi connectivity index (χ2n) is 8.13. The van der Waals surface area contributed by atoms with E-state index in [0.717, 1.165) is 18.0 Å². The van der Waals surface area contributed by atoms with Gasteiger partial charge in [-0.1, -0.05) is 6.07 Å². The molecule has 9 nitrogen and oxygen atoms in total. The number of fused-ring (bicyclic) bond motifs is 2. The number of amides is 1. The molecule has 2 aromatic heterocycles. The van der Waals surface area contributed by atoms with Gasteiger partial charge in [-0.15, -0.1) is 0 Å². The fraction of sp³-hybridized carbons (Fsp3) is 0.160. The van der Waals surface area contributed by atoms with Gasteiger partial charge in [0.1, 0.15) is 5.76 Å². The summed E-state index contributed by atoms with van der Waals surface area (Å²) < 4.78 is 65.8. The van der Waals surface area contributed by atoms with E-state index in [1.807, 2.05) is 6.07 Å². The molecule has 188 valence electrons. The quantitative estimate of drug-likeness (QED) is 0.397. The Morgan fingerprint density at radius 2 is 1.43 bits per heavy atom. The highest BCUT2D eigenvalue weighted by Crippen LogP contribution is 2.44. The summed E-state index contributed by atoms with van der Waals surface area (Å²) in [6.45, 7) is 0.231. The van der Waals surface area contributed by atoms with Crippen molar-refractivity contribution in [2.45, 2.75) is 12.6 Å². The molecule has 0 spiro atoms. The van der Waals surface area contributed by atoms with E-state index in [4.69, 9.17) is 23.4 Å². The molecule has 0 radical (unpaired) electrons. The molecule has 4 aromatic rings. The van der Waals surface area contributed by atoms with Crippen LogP contribution < -0.4 is 24.3 Å². The Morgan fingerprint density at radius 3 is 2.08 bits per heavy atom. The predicted molar refractivity (Wildman–Crippen MR) is 121 cm³/mol. The zero-order valence-corrected chi connectivity index (χ0v) is 18.8. The molecule has 1 N–H and O–H groups in total. The van der Waals surface area contributed by atoms with Crippen molar-refractivity contribution in [3.63, 3.8) is 0 Å². The van der Waals surface area contributed by atoms with Crippen molar-refractivity contribution in [1.29, 1.82) is 0 Å². The highest BCUT2D eigenvalue weighted by molar-refractivity contribution is 5.93. The second kappa shape index (κ2) is 8.73. The van der Waals surface area contributed by atoms with E-state index in [1.54, 1.807) is 36.4 Å². The van der Waals surface area contributed by atoms with Gasteiger partial charge in [0.2, 0.25) is 31.2 Å².